The molecule has 0 aliphatic carbocycles. The third kappa shape index (κ3) is 4.03. The predicted octanol–water partition coefficient (Wildman–Crippen LogP) is 2.28. The van der Waals surface area contributed by atoms with Crippen LogP contribution in [0.4, 0.5) is 5.69 Å². The lowest BCUT2D eigenvalue weighted by atomic mass is 9.93. The Hall–Kier alpha value is -1.95. The Balaban J connectivity index is 1.88. The van der Waals surface area contributed by atoms with E-state index in [1.54, 1.807) is 12.1 Å². The first-order valence-corrected chi connectivity index (χ1v) is 6.72. The second kappa shape index (κ2) is 6.47. The number of benzene rings is 1. The third-order valence-corrected chi connectivity index (χ3v) is 3.70. The molecule has 0 saturated carbocycles. The zero-order valence-electron chi connectivity index (χ0n) is 11.2. The lowest BCUT2D eigenvalue weighted by Gasteiger charge is -2.31. The SMILES string of the molecule is O=C(O)CC1CCN(Cc2cccc([N+](=O)[O-])c2)CC1. The standard InChI is InChI=1S/C14H18N2O4/c17-14(18)9-11-4-6-15(7-5-11)10-12-2-1-3-13(8-12)16(19)20/h1-3,8,11H,4-7,9-10H2,(H,17,18). The van der Waals surface area contributed by atoms with Crippen LogP contribution in [0.2, 0.25) is 0 Å². The fraction of sp³-hybridized carbons (Fsp3) is 0.500. The molecule has 1 N–H and O–H groups in total. The van der Waals surface area contributed by atoms with E-state index < -0.39 is 5.97 Å². The summed E-state index contributed by atoms with van der Waals surface area (Å²) in [5.74, 6) is -0.476. The fourth-order valence-corrected chi connectivity index (χ4v) is 2.62. The highest BCUT2D eigenvalue weighted by molar-refractivity contribution is 5.67. The molecular formula is C14H18N2O4. The number of nitro benzene ring substituents is 1. The zero-order chi connectivity index (χ0) is 14.5. The monoisotopic (exact) mass is 278 g/mol. The van der Waals surface area contributed by atoms with Gasteiger partial charge in [-0.15, -0.1) is 0 Å². The van der Waals surface area contributed by atoms with Gasteiger partial charge >= 0.3 is 5.97 Å². The average Bonchev–Trinajstić information content (AvgIpc) is 2.41. The number of carboxylic acids is 1. The highest BCUT2D eigenvalue weighted by atomic mass is 16.6. The number of carboxylic acid groups (broad SMARTS) is 1. The van der Waals surface area contributed by atoms with Crippen molar-refractivity contribution >= 4 is 11.7 Å². The van der Waals surface area contributed by atoms with Crippen LogP contribution in [-0.4, -0.2) is 34.0 Å². The number of aliphatic carboxylic acids is 1. The summed E-state index contributed by atoms with van der Waals surface area (Å²) < 4.78 is 0. The molecule has 1 saturated heterocycles. The van der Waals surface area contributed by atoms with Gasteiger partial charge in [-0.2, -0.15) is 0 Å². The van der Waals surface area contributed by atoms with E-state index in [0.717, 1.165) is 31.5 Å². The van der Waals surface area contributed by atoms with Crippen LogP contribution in [0.15, 0.2) is 24.3 Å². The number of carbonyl (C=O) groups is 1. The Morgan fingerprint density at radius 2 is 2.10 bits per heavy atom. The van der Waals surface area contributed by atoms with E-state index in [-0.39, 0.29) is 22.9 Å². The van der Waals surface area contributed by atoms with Crippen molar-refractivity contribution < 1.29 is 14.8 Å². The molecule has 0 bridgehead atoms. The topological polar surface area (TPSA) is 83.7 Å². The molecule has 108 valence electrons. The van der Waals surface area contributed by atoms with Crippen molar-refractivity contribution in [2.75, 3.05) is 13.1 Å². The van der Waals surface area contributed by atoms with E-state index in [4.69, 9.17) is 5.11 Å². The Bertz CT molecular complexity index is 496. The van der Waals surface area contributed by atoms with Gasteiger partial charge < -0.3 is 5.11 Å². The molecule has 20 heavy (non-hydrogen) atoms. The van der Waals surface area contributed by atoms with Crippen LogP contribution >= 0.6 is 0 Å². The summed E-state index contributed by atoms with van der Waals surface area (Å²) in [5, 5.41) is 19.5. The highest BCUT2D eigenvalue weighted by Crippen LogP contribution is 2.22. The normalized spacial score (nSPS) is 17.0. The summed E-state index contributed by atoms with van der Waals surface area (Å²) in [6.45, 7) is 2.38. The Kier molecular flexibility index (Phi) is 4.68. The van der Waals surface area contributed by atoms with Crippen LogP contribution in [0.25, 0.3) is 0 Å². The van der Waals surface area contributed by atoms with E-state index in [0.29, 0.717) is 6.54 Å². The molecule has 0 aromatic heterocycles. The predicted molar refractivity (Wildman–Crippen MR) is 73.4 cm³/mol. The van der Waals surface area contributed by atoms with Crippen molar-refractivity contribution in [2.45, 2.75) is 25.8 Å². The van der Waals surface area contributed by atoms with Gasteiger partial charge in [-0.05, 0) is 37.4 Å². The first-order chi connectivity index (χ1) is 9.54. The van der Waals surface area contributed by atoms with E-state index >= 15 is 0 Å². The molecule has 0 spiro atoms. The number of non-ortho nitro benzene ring substituents is 1. The van der Waals surface area contributed by atoms with E-state index in [2.05, 4.69) is 4.90 Å². The van der Waals surface area contributed by atoms with Gasteiger partial charge in [0.1, 0.15) is 0 Å². The average molecular weight is 278 g/mol. The van der Waals surface area contributed by atoms with Crippen LogP contribution in [0.5, 0.6) is 0 Å². The number of hydrogen-bond donors (Lipinski definition) is 1. The van der Waals surface area contributed by atoms with Crippen molar-refractivity contribution in [3.63, 3.8) is 0 Å². The van der Waals surface area contributed by atoms with Crippen molar-refractivity contribution in [3.05, 3.63) is 39.9 Å². The summed E-state index contributed by atoms with van der Waals surface area (Å²) in [6, 6.07) is 6.67. The summed E-state index contributed by atoms with van der Waals surface area (Å²) in [5.41, 5.74) is 1.04. The summed E-state index contributed by atoms with van der Waals surface area (Å²) in [6.07, 6.45) is 1.99. The van der Waals surface area contributed by atoms with Gasteiger partial charge in [0.05, 0.1) is 4.92 Å². The summed E-state index contributed by atoms with van der Waals surface area (Å²) in [7, 11) is 0. The largest absolute Gasteiger partial charge is 0.481 e. The van der Waals surface area contributed by atoms with Gasteiger partial charge in [-0.25, -0.2) is 0 Å². The molecule has 1 aliphatic heterocycles. The quantitative estimate of drug-likeness (QED) is 0.660. The minimum atomic E-state index is -0.734. The van der Waals surface area contributed by atoms with Crippen molar-refractivity contribution in [2.24, 2.45) is 5.92 Å². The Morgan fingerprint density at radius 3 is 2.70 bits per heavy atom. The number of nitro groups is 1. The van der Waals surface area contributed by atoms with Gasteiger partial charge in [0.2, 0.25) is 0 Å². The van der Waals surface area contributed by atoms with Gasteiger partial charge in [-0.3, -0.25) is 19.8 Å². The van der Waals surface area contributed by atoms with Crippen LogP contribution in [0.1, 0.15) is 24.8 Å². The minimum Gasteiger partial charge on any atom is -0.481 e. The molecular weight excluding hydrogens is 260 g/mol. The number of piperidine rings is 1. The maximum atomic E-state index is 10.7. The molecule has 1 aromatic carbocycles. The van der Waals surface area contributed by atoms with Crippen LogP contribution in [-0.2, 0) is 11.3 Å². The van der Waals surface area contributed by atoms with Gasteiger partial charge in [-0.1, -0.05) is 12.1 Å². The lowest BCUT2D eigenvalue weighted by molar-refractivity contribution is -0.384. The Morgan fingerprint density at radius 1 is 1.40 bits per heavy atom. The number of rotatable bonds is 5. The van der Waals surface area contributed by atoms with Crippen LogP contribution in [0.3, 0.4) is 0 Å². The molecule has 6 nitrogen and oxygen atoms in total. The van der Waals surface area contributed by atoms with E-state index in [9.17, 15) is 14.9 Å². The maximum absolute atomic E-state index is 10.7. The molecule has 0 atom stereocenters. The van der Waals surface area contributed by atoms with Crippen molar-refractivity contribution in [1.82, 2.24) is 4.90 Å². The van der Waals surface area contributed by atoms with Gasteiger partial charge in [0.25, 0.3) is 5.69 Å². The molecule has 6 heteroatoms. The third-order valence-electron chi connectivity index (χ3n) is 3.70. The summed E-state index contributed by atoms with van der Waals surface area (Å²) in [4.78, 5) is 23.2. The maximum Gasteiger partial charge on any atom is 0.303 e. The first kappa shape index (κ1) is 14.5. The lowest BCUT2D eigenvalue weighted by Crippen LogP contribution is -2.33. The van der Waals surface area contributed by atoms with Crippen LogP contribution < -0.4 is 0 Å². The molecule has 1 heterocycles. The zero-order valence-corrected chi connectivity index (χ0v) is 11.2. The smallest absolute Gasteiger partial charge is 0.303 e. The molecule has 0 radical (unpaired) electrons. The molecule has 1 fully saturated rings. The van der Waals surface area contributed by atoms with Crippen molar-refractivity contribution in [3.8, 4) is 0 Å². The van der Waals surface area contributed by atoms with Gasteiger partial charge in [0.15, 0.2) is 0 Å². The molecule has 2 rings (SSSR count). The highest BCUT2D eigenvalue weighted by Gasteiger charge is 2.21. The number of likely N-dealkylation sites (tertiary alicyclic amines) is 1. The van der Waals surface area contributed by atoms with Crippen molar-refractivity contribution in [1.29, 1.82) is 0 Å². The van der Waals surface area contributed by atoms with Gasteiger partial charge in [0, 0.05) is 25.1 Å². The minimum absolute atomic E-state index is 0.114. The number of hydrogen-bond acceptors (Lipinski definition) is 4. The Labute approximate surface area is 117 Å². The second-order valence-corrected chi connectivity index (χ2v) is 5.24. The first-order valence-electron chi connectivity index (χ1n) is 6.72. The molecule has 0 unspecified atom stereocenters. The molecule has 1 aliphatic rings. The van der Waals surface area contributed by atoms with E-state index in [1.165, 1.54) is 6.07 Å². The second-order valence-electron chi connectivity index (χ2n) is 5.24. The fourth-order valence-electron chi connectivity index (χ4n) is 2.62. The molecule has 1 aromatic rings. The number of nitrogens with zero attached hydrogens (tertiary/aromatic N) is 2. The van der Waals surface area contributed by atoms with E-state index in [1.807, 2.05) is 6.07 Å². The molecule has 0 amide bonds. The van der Waals surface area contributed by atoms with Crippen LogP contribution in [0, 0.1) is 16.0 Å². The summed E-state index contributed by atoms with van der Waals surface area (Å²) >= 11 is 0.